The molecule has 0 spiro atoms. The molecule has 1 unspecified atom stereocenters. The largest absolute Gasteiger partial charge is 0.485 e. The Kier molecular flexibility index (Phi) is 4.20. The van der Waals surface area contributed by atoms with E-state index in [1.54, 1.807) is 0 Å². The highest BCUT2D eigenvalue weighted by molar-refractivity contribution is 5.53. The van der Waals surface area contributed by atoms with Gasteiger partial charge in [-0.25, -0.2) is 0 Å². The van der Waals surface area contributed by atoms with Crippen LogP contribution in [-0.2, 0) is 13.0 Å². The van der Waals surface area contributed by atoms with Gasteiger partial charge in [0.2, 0.25) is 0 Å². The Labute approximate surface area is 140 Å². The average molecular weight is 309 g/mol. The van der Waals surface area contributed by atoms with Crippen molar-refractivity contribution in [2.75, 3.05) is 13.6 Å². The minimum atomic E-state index is -0.144. The minimum Gasteiger partial charge on any atom is -0.485 e. The third kappa shape index (κ3) is 3.28. The smallest absolute Gasteiger partial charge is 0.126 e. The summed E-state index contributed by atoms with van der Waals surface area (Å²) in [5.74, 6) is 1.12. The summed E-state index contributed by atoms with van der Waals surface area (Å²) in [7, 11) is 2.18. The molecule has 0 saturated heterocycles. The number of likely N-dealkylation sites (N-methyl/N-ethyl adjacent to an activating group) is 1. The number of benzene rings is 2. The normalized spacial score (nSPS) is 19.7. The molecule has 122 valence electrons. The van der Waals surface area contributed by atoms with Gasteiger partial charge in [0, 0.05) is 25.1 Å². The van der Waals surface area contributed by atoms with Crippen molar-refractivity contribution in [3.8, 4) is 5.75 Å². The van der Waals surface area contributed by atoms with Gasteiger partial charge in [0.15, 0.2) is 0 Å². The highest BCUT2D eigenvalue weighted by atomic mass is 16.5. The summed E-state index contributed by atoms with van der Waals surface area (Å²) in [6.07, 6.45) is 0.994. The number of hydrogen-bond acceptors (Lipinski definition) is 2. The minimum absolute atomic E-state index is 0.144. The van der Waals surface area contributed by atoms with Gasteiger partial charge in [-0.15, -0.1) is 0 Å². The van der Waals surface area contributed by atoms with E-state index in [0.717, 1.165) is 25.3 Å². The summed E-state index contributed by atoms with van der Waals surface area (Å²) >= 11 is 0. The Balaban J connectivity index is 1.74. The Bertz CT molecular complexity index is 708. The highest BCUT2D eigenvalue weighted by Crippen LogP contribution is 2.41. The molecule has 2 nitrogen and oxygen atoms in total. The first-order valence-electron chi connectivity index (χ1n) is 8.39. The lowest BCUT2D eigenvalue weighted by Crippen LogP contribution is -2.42. The third-order valence-electron chi connectivity index (χ3n) is 4.91. The number of aryl methyl sites for hydroxylation is 2. The van der Waals surface area contributed by atoms with Crippen LogP contribution < -0.4 is 4.74 Å². The lowest BCUT2D eigenvalue weighted by molar-refractivity contribution is 0.0704. The van der Waals surface area contributed by atoms with Crippen molar-refractivity contribution in [3.63, 3.8) is 0 Å². The lowest BCUT2D eigenvalue weighted by Gasteiger charge is -2.30. The van der Waals surface area contributed by atoms with E-state index in [1.807, 2.05) is 0 Å². The maximum absolute atomic E-state index is 6.45. The van der Waals surface area contributed by atoms with Gasteiger partial charge in [-0.1, -0.05) is 36.4 Å². The number of fused-ring (bicyclic) bond motifs is 1. The Morgan fingerprint density at radius 3 is 2.48 bits per heavy atom. The molecule has 0 amide bonds. The summed E-state index contributed by atoms with van der Waals surface area (Å²) in [5, 5.41) is 0. The molecule has 1 atom stereocenters. The molecule has 1 aliphatic rings. The fourth-order valence-electron chi connectivity index (χ4n) is 3.73. The van der Waals surface area contributed by atoms with Gasteiger partial charge < -0.3 is 4.74 Å². The van der Waals surface area contributed by atoms with Crippen LogP contribution in [0.2, 0.25) is 0 Å². The molecular formula is C21H27NO. The van der Waals surface area contributed by atoms with E-state index in [9.17, 15) is 0 Å². The summed E-state index contributed by atoms with van der Waals surface area (Å²) in [6.45, 7) is 10.7. The van der Waals surface area contributed by atoms with Gasteiger partial charge in [-0.05, 0) is 57.0 Å². The Morgan fingerprint density at radius 2 is 1.78 bits per heavy atom. The molecule has 0 radical (unpaired) electrons. The monoisotopic (exact) mass is 309 g/mol. The van der Waals surface area contributed by atoms with Gasteiger partial charge in [-0.2, -0.15) is 0 Å². The second kappa shape index (κ2) is 6.01. The molecule has 1 aliphatic heterocycles. The van der Waals surface area contributed by atoms with Crippen LogP contribution >= 0.6 is 0 Å². The number of ether oxygens (including phenoxy) is 1. The first-order valence-corrected chi connectivity index (χ1v) is 8.39. The summed E-state index contributed by atoms with van der Waals surface area (Å²) in [4.78, 5) is 2.36. The van der Waals surface area contributed by atoms with E-state index in [4.69, 9.17) is 4.74 Å². The predicted octanol–water partition coefficient (Wildman–Crippen LogP) is 4.44. The SMILES string of the molecule is Cc1cc(C)c2c(c1C)OC(C)(CN(C)Cc1ccccc1)C2. The van der Waals surface area contributed by atoms with Crippen molar-refractivity contribution < 1.29 is 4.74 Å². The number of hydrogen-bond donors (Lipinski definition) is 0. The molecule has 0 N–H and O–H groups in total. The second-order valence-corrected chi connectivity index (χ2v) is 7.33. The van der Waals surface area contributed by atoms with E-state index >= 15 is 0 Å². The molecule has 0 saturated carbocycles. The van der Waals surface area contributed by atoms with Gasteiger partial charge in [0.05, 0.1) is 0 Å². The summed E-state index contributed by atoms with van der Waals surface area (Å²) in [6, 6.07) is 12.9. The molecule has 2 heteroatoms. The van der Waals surface area contributed by atoms with Crippen LogP contribution in [-0.4, -0.2) is 24.1 Å². The van der Waals surface area contributed by atoms with Crippen molar-refractivity contribution >= 4 is 0 Å². The third-order valence-corrected chi connectivity index (χ3v) is 4.91. The van der Waals surface area contributed by atoms with Gasteiger partial charge in [-0.3, -0.25) is 4.90 Å². The van der Waals surface area contributed by atoms with Crippen LogP contribution in [0.3, 0.4) is 0 Å². The summed E-state index contributed by atoms with van der Waals surface area (Å²) < 4.78 is 6.45. The van der Waals surface area contributed by atoms with Crippen LogP contribution in [0.25, 0.3) is 0 Å². The number of rotatable bonds is 4. The average Bonchev–Trinajstić information content (AvgIpc) is 2.84. The van der Waals surface area contributed by atoms with Gasteiger partial charge in [0.1, 0.15) is 11.4 Å². The molecule has 3 rings (SSSR count). The topological polar surface area (TPSA) is 12.5 Å². The fourth-order valence-corrected chi connectivity index (χ4v) is 3.73. The van der Waals surface area contributed by atoms with E-state index in [1.165, 1.54) is 27.8 Å². The van der Waals surface area contributed by atoms with Crippen molar-refractivity contribution in [2.24, 2.45) is 0 Å². The van der Waals surface area contributed by atoms with E-state index in [0.29, 0.717) is 0 Å². The first-order chi connectivity index (χ1) is 10.9. The Morgan fingerprint density at radius 1 is 1.09 bits per heavy atom. The maximum atomic E-state index is 6.45. The standard InChI is InChI=1S/C21H27NO/c1-15-11-16(2)19-12-21(4,23-20(19)17(15)3)14-22(5)13-18-9-7-6-8-10-18/h6-11H,12-14H2,1-5H3. The van der Waals surface area contributed by atoms with E-state index < -0.39 is 0 Å². The molecule has 1 heterocycles. The maximum Gasteiger partial charge on any atom is 0.126 e. The molecule has 2 aromatic rings. The zero-order valence-corrected chi connectivity index (χ0v) is 14.9. The lowest BCUT2D eigenvalue weighted by atomic mass is 9.93. The van der Waals surface area contributed by atoms with Crippen molar-refractivity contribution in [2.45, 2.75) is 46.3 Å². The molecule has 0 bridgehead atoms. The van der Waals surface area contributed by atoms with Crippen LogP contribution in [0.4, 0.5) is 0 Å². The van der Waals surface area contributed by atoms with Crippen molar-refractivity contribution in [1.82, 2.24) is 4.90 Å². The second-order valence-electron chi connectivity index (χ2n) is 7.33. The van der Waals surface area contributed by atoms with Crippen molar-refractivity contribution in [3.05, 3.63) is 64.2 Å². The van der Waals surface area contributed by atoms with Crippen LogP contribution in [0.15, 0.2) is 36.4 Å². The van der Waals surface area contributed by atoms with Crippen molar-refractivity contribution in [1.29, 1.82) is 0 Å². The predicted molar refractivity (Wildman–Crippen MR) is 96.2 cm³/mol. The zero-order chi connectivity index (χ0) is 16.6. The van der Waals surface area contributed by atoms with Crippen LogP contribution in [0.1, 0.15) is 34.7 Å². The first kappa shape index (κ1) is 16.1. The zero-order valence-electron chi connectivity index (χ0n) is 14.9. The molecule has 0 aliphatic carbocycles. The van der Waals surface area contributed by atoms with Gasteiger partial charge >= 0.3 is 0 Å². The molecule has 0 aromatic heterocycles. The molecule has 23 heavy (non-hydrogen) atoms. The fraction of sp³-hybridized carbons (Fsp3) is 0.429. The number of nitrogens with zero attached hydrogens (tertiary/aromatic N) is 1. The quantitative estimate of drug-likeness (QED) is 0.828. The Hall–Kier alpha value is -1.80. The van der Waals surface area contributed by atoms with E-state index in [2.05, 4.69) is 76.0 Å². The molecule has 0 fully saturated rings. The van der Waals surface area contributed by atoms with E-state index in [-0.39, 0.29) is 5.60 Å². The van der Waals surface area contributed by atoms with Crippen LogP contribution in [0, 0.1) is 20.8 Å². The van der Waals surface area contributed by atoms with Gasteiger partial charge in [0.25, 0.3) is 0 Å². The highest BCUT2D eigenvalue weighted by Gasteiger charge is 2.37. The summed E-state index contributed by atoms with van der Waals surface area (Å²) in [5.41, 5.74) is 6.57. The van der Waals surface area contributed by atoms with Crippen LogP contribution in [0.5, 0.6) is 5.75 Å². The molecule has 2 aromatic carbocycles. The molecular weight excluding hydrogens is 282 g/mol.